The van der Waals surface area contributed by atoms with Crippen LogP contribution >= 0.6 is 15.9 Å². The Hall–Kier alpha value is -2.13. The van der Waals surface area contributed by atoms with Gasteiger partial charge in [0, 0.05) is 36.5 Å². The Balaban J connectivity index is 1.70. The van der Waals surface area contributed by atoms with E-state index >= 15 is 0 Å². The highest BCUT2D eigenvalue weighted by atomic mass is 79.9. The van der Waals surface area contributed by atoms with Crippen molar-refractivity contribution in [3.8, 4) is 5.88 Å². The highest BCUT2D eigenvalue weighted by molar-refractivity contribution is 9.10. The van der Waals surface area contributed by atoms with E-state index in [4.69, 9.17) is 4.74 Å². The van der Waals surface area contributed by atoms with Crippen LogP contribution in [0.2, 0.25) is 0 Å². The van der Waals surface area contributed by atoms with E-state index in [0.29, 0.717) is 31.6 Å². The zero-order valence-electron chi connectivity index (χ0n) is 15.5. The normalized spacial score (nSPS) is 16.3. The van der Waals surface area contributed by atoms with Gasteiger partial charge < -0.3 is 14.8 Å². The van der Waals surface area contributed by atoms with E-state index in [0.717, 1.165) is 10.0 Å². The minimum Gasteiger partial charge on any atom is -0.468 e. The number of nitrogens with one attached hydrogen (secondary N) is 1. The fourth-order valence-electron chi connectivity index (χ4n) is 3.28. The molecule has 0 radical (unpaired) electrons. The van der Waals surface area contributed by atoms with Gasteiger partial charge in [-0.15, -0.1) is 0 Å². The predicted molar refractivity (Wildman–Crippen MR) is 104 cm³/mol. The van der Waals surface area contributed by atoms with Crippen LogP contribution in [0.4, 0.5) is 13.2 Å². The lowest BCUT2D eigenvalue weighted by molar-refractivity contribution is -0.154. The standard InChI is InChI=1S/C20H20BrF3N2O3/c21-16-3-1-15(2-4-16)19(6-9-28-10-7-19)18(27)26-12-14-5-8-25-17(11-14)29-13-20(22,23)24/h1-5,8,11H,6-7,9-10,12-13H2,(H,26,27). The van der Waals surface area contributed by atoms with Crippen molar-refractivity contribution in [1.29, 1.82) is 0 Å². The van der Waals surface area contributed by atoms with Crippen LogP contribution in [0, 0.1) is 0 Å². The first-order chi connectivity index (χ1) is 13.8. The van der Waals surface area contributed by atoms with Gasteiger partial charge >= 0.3 is 6.18 Å². The van der Waals surface area contributed by atoms with E-state index in [1.807, 2.05) is 24.3 Å². The van der Waals surface area contributed by atoms with Crippen LogP contribution in [-0.4, -0.2) is 36.9 Å². The summed E-state index contributed by atoms with van der Waals surface area (Å²) in [5.41, 5.74) is 0.802. The molecule has 1 aliphatic heterocycles. The molecule has 1 aliphatic rings. The number of rotatable bonds is 6. The Kier molecular flexibility index (Phi) is 6.79. The summed E-state index contributed by atoms with van der Waals surface area (Å²) in [6.45, 7) is -0.298. The molecule has 156 valence electrons. The van der Waals surface area contributed by atoms with E-state index in [-0.39, 0.29) is 18.3 Å². The molecule has 2 aromatic rings. The van der Waals surface area contributed by atoms with E-state index in [1.165, 1.54) is 12.3 Å². The molecule has 9 heteroatoms. The summed E-state index contributed by atoms with van der Waals surface area (Å²) in [6, 6.07) is 10.6. The second kappa shape index (κ2) is 9.13. The zero-order chi connectivity index (χ0) is 20.9. The van der Waals surface area contributed by atoms with Gasteiger partial charge in [-0.3, -0.25) is 4.79 Å². The van der Waals surface area contributed by atoms with E-state index in [1.54, 1.807) is 6.07 Å². The number of ether oxygens (including phenoxy) is 2. The van der Waals surface area contributed by atoms with Crippen molar-refractivity contribution in [2.24, 2.45) is 0 Å². The molecule has 0 atom stereocenters. The van der Waals surface area contributed by atoms with Crippen molar-refractivity contribution in [2.45, 2.75) is 31.0 Å². The zero-order valence-corrected chi connectivity index (χ0v) is 17.1. The van der Waals surface area contributed by atoms with Crippen molar-refractivity contribution < 1.29 is 27.4 Å². The Morgan fingerprint density at radius 2 is 1.90 bits per heavy atom. The lowest BCUT2D eigenvalue weighted by Gasteiger charge is -2.36. The van der Waals surface area contributed by atoms with Crippen LogP contribution in [0.5, 0.6) is 5.88 Å². The molecule has 1 aromatic carbocycles. The number of hydrogen-bond donors (Lipinski definition) is 1. The van der Waals surface area contributed by atoms with Crippen LogP contribution in [0.1, 0.15) is 24.0 Å². The topological polar surface area (TPSA) is 60.5 Å². The van der Waals surface area contributed by atoms with Gasteiger partial charge in [-0.25, -0.2) is 4.98 Å². The quantitative estimate of drug-likeness (QED) is 0.685. The molecule has 1 fully saturated rings. The first-order valence-electron chi connectivity index (χ1n) is 9.05. The summed E-state index contributed by atoms with van der Waals surface area (Å²) in [4.78, 5) is 16.9. The number of pyridine rings is 1. The average molecular weight is 473 g/mol. The van der Waals surface area contributed by atoms with Gasteiger partial charge in [0.1, 0.15) is 0 Å². The highest BCUT2D eigenvalue weighted by Gasteiger charge is 2.41. The lowest BCUT2D eigenvalue weighted by Crippen LogP contribution is -2.47. The summed E-state index contributed by atoms with van der Waals surface area (Å²) >= 11 is 3.40. The molecule has 1 N–H and O–H groups in total. The molecule has 1 amide bonds. The molecule has 29 heavy (non-hydrogen) atoms. The third-order valence-corrected chi connectivity index (χ3v) is 5.34. The van der Waals surface area contributed by atoms with E-state index in [9.17, 15) is 18.0 Å². The Bertz CT molecular complexity index is 838. The number of carbonyl (C=O) groups is 1. The predicted octanol–water partition coefficient (Wildman–Crippen LogP) is 4.15. The first-order valence-corrected chi connectivity index (χ1v) is 9.84. The molecule has 0 unspecified atom stereocenters. The fraction of sp³-hybridized carbons (Fsp3) is 0.400. The Labute approximate surface area is 174 Å². The summed E-state index contributed by atoms with van der Waals surface area (Å²) in [5, 5.41) is 2.91. The SMILES string of the molecule is O=C(NCc1ccnc(OCC(F)(F)F)c1)C1(c2ccc(Br)cc2)CCOCC1. The number of amides is 1. The molecule has 3 rings (SSSR count). The summed E-state index contributed by atoms with van der Waals surface area (Å²) in [7, 11) is 0. The number of aromatic nitrogens is 1. The summed E-state index contributed by atoms with van der Waals surface area (Å²) < 4.78 is 48.0. The summed E-state index contributed by atoms with van der Waals surface area (Å²) in [6.07, 6.45) is -1.98. The maximum Gasteiger partial charge on any atom is 0.422 e. The summed E-state index contributed by atoms with van der Waals surface area (Å²) in [5.74, 6) is -0.277. The van der Waals surface area contributed by atoms with Crippen LogP contribution in [-0.2, 0) is 21.5 Å². The van der Waals surface area contributed by atoms with Gasteiger partial charge in [-0.1, -0.05) is 28.1 Å². The van der Waals surface area contributed by atoms with Crippen molar-refractivity contribution in [3.05, 3.63) is 58.2 Å². The number of nitrogens with zero attached hydrogens (tertiary/aromatic N) is 1. The van der Waals surface area contributed by atoms with E-state index < -0.39 is 18.2 Å². The van der Waals surface area contributed by atoms with E-state index in [2.05, 4.69) is 31.0 Å². The molecule has 0 spiro atoms. The van der Waals surface area contributed by atoms with Crippen molar-refractivity contribution in [3.63, 3.8) is 0 Å². The number of carbonyl (C=O) groups excluding carboxylic acids is 1. The lowest BCUT2D eigenvalue weighted by atomic mass is 9.73. The molecule has 0 bridgehead atoms. The number of benzene rings is 1. The smallest absolute Gasteiger partial charge is 0.422 e. The monoisotopic (exact) mass is 472 g/mol. The van der Waals surface area contributed by atoms with Crippen molar-refractivity contribution in [2.75, 3.05) is 19.8 Å². The third kappa shape index (κ3) is 5.70. The molecular weight excluding hydrogens is 453 g/mol. The molecule has 1 aromatic heterocycles. The molecule has 5 nitrogen and oxygen atoms in total. The fourth-order valence-corrected chi connectivity index (χ4v) is 3.55. The second-order valence-corrected chi connectivity index (χ2v) is 7.71. The van der Waals surface area contributed by atoms with Crippen molar-refractivity contribution >= 4 is 21.8 Å². The maximum absolute atomic E-state index is 13.1. The van der Waals surface area contributed by atoms with Gasteiger partial charge in [0.15, 0.2) is 6.61 Å². The highest BCUT2D eigenvalue weighted by Crippen LogP contribution is 2.36. The Morgan fingerprint density at radius 3 is 2.55 bits per heavy atom. The number of alkyl halides is 3. The van der Waals surface area contributed by atoms with Crippen LogP contribution in [0.25, 0.3) is 0 Å². The molecule has 0 aliphatic carbocycles. The van der Waals surface area contributed by atoms with Gasteiger partial charge in [0.05, 0.1) is 5.41 Å². The minimum absolute atomic E-state index is 0.136. The third-order valence-electron chi connectivity index (χ3n) is 4.81. The second-order valence-electron chi connectivity index (χ2n) is 6.79. The molecule has 2 heterocycles. The average Bonchev–Trinajstić information content (AvgIpc) is 2.71. The van der Waals surface area contributed by atoms with Gasteiger partial charge in [-0.05, 0) is 42.2 Å². The van der Waals surface area contributed by atoms with Gasteiger partial charge in [-0.2, -0.15) is 13.2 Å². The van der Waals surface area contributed by atoms with Crippen molar-refractivity contribution in [1.82, 2.24) is 10.3 Å². The van der Waals surface area contributed by atoms with Crippen LogP contribution in [0.3, 0.4) is 0 Å². The first kappa shape index (κ1) is 21.6. The molecule has 0 saturated carbocycles. The Morgan fingerprint density at radius 1 is 1.21 bits per heavy atom. The number of hydrogen-bond acceptors (Lipinski definition) is 4. The van der Waals surface area contributed by atoms with Crippen LogP contribution in [0.15, 0.2) is 47.1 Å². The molecule has 1 saturated heterocycles. The maximum atomic E-state index is 13.1. The van der Waals surface area contributed by atoms with Crippen LogP contribution < -0.4 is 10.1 Å². The van der Waals surface area contributed by atoms with Gasteiger partial charge in [0.25, 0.3) is 0 Å². The molecular formula is C20H20BrF3N2O3. The number of halogens is 4. The minimum atomic E-state index is -4.44. The van der Waals surface area contributed by atoms with Gasteiger partial charge in [0.2, 0.25) is 11.8 Å². The largest absolute Gasteiger partial charge is 0.468 e.